The first kappa shape index (κ1) is 22.6. The number of carbonyl (C=O) groups excluding carboxylic acids is 2. The molecule has 8 nitrogen and oxygen atoms in total. The Hall–Kier alpha value is -1.68. The molecule has 1 aromatic rings. The Morgan fingerprint density at radius 2 is 2.00 bits per heavy atom. The zero-order chi connectivity index (χ0) is 19.8. The van der Waals surface area contributed by atoms with Crippen LogP contribution >= 0.6 is 12.4 Å². The molecule has 156 valence electrons. The third-order valence-electron chi connectivity index (χ3n) is 5.45. The van der Waals surface area contributed by atoms with Gasteiger partial charge in [0.05, 0.1) is 10.8 Å². The maximum Gasteiger partial charge on any atom is 0.238 e. The number of nitrogens with two attached hydrogens (primary N) is 2. The first-order chi connectivity index (χ1) is 12.7. The van der Waals surface area contributed by atoms with Crippen LogP contribution in [0.2, 0.25) is 0 Å². The van der Waals surface area contributed by atoms with E-state index in [9.17, 15) is 18.0 Å². The highest BCUT2D eigenvalue weighted by Gasteiger charge is 2.38. The highest BCUT2D eigenvalue weighted by molar-refractivity contribution is 7.89. The molecule has 3 rings (SSSR count). The fraction of sp³-hybridized carbons (Fsp3) is 0.556. The second-order valence-electron chi connectivity index (χ2n) is 7.49. The van der Waals surface area contributed by atoms with Crippen molar-refractivity contribution in [3.8, 4) is 0 Å². The molecule has 2 amide bonds. The largest absolute Gasteiger partial charge is 0.342 e. The van der Waals surface area contributed by atoms with Crippen LogP contribution in [0.25, 0.3) is 0 Å². The number of primary sulfonamides is 1. The zero-order valence-corrected chi connectivity index (χ0v) is 17.4. The van der Waals surface area contributed by atoms with Crippen LogP contribution in [0.5, 0.6) is 0 Å². The molecule has 0 saturated carbocycles. The van der Waals surface area contributed by atoms with E-state index in [0.717, 1.165) is 12.8 Å². The second kappa shape index (κ2) is 8.77. The van der Waals surface area contributed by atoms with Crippen molar-refractivity contribution >= 4 is 39.9 Å². The van der Waals surface area contributed by atoms with Crippen molar-refractivity contribution in [2.24, 2.45) is 22.7 Å². The summed E-state index contributed by atoms with van der Waals surface area (Å²) in [7, 11) is -3.86. The van der Waals surface area contributed by atoms with Crippen molar-refractivity contribution in [2.45, 2.75) is 37.1 Å². The topological polar surface area (TPSA) is 127 Å². The van der Waals surface area contributed by atoms with Gasteiger partial charge >= 0.3 is 0 Å². The van der Waals surface area contributed by atoms with Crippen LogP contribution in [0.15, 0.2) is 29.2 Å². The van der Waals surface area contributed by atoms with Gasteiger partial charge in [-0.15, -0.1) is 12.4 Å². The molecule has 28 heavy (non-hydrogen) atoms. The van der Waals surface area contributed by atoms with E-state index in [0.29, 0.717) is 18.8 Å². The van der Waals surface area contributed by atoms with E-state index in [4.69, 9.17) is 10.9 Å². The Kier molecular flexibility index (Phi) is 7.08. The van der Waals surface area contributed by atoms with Crippen molar-refractivity contribution < 1.29 is 18.0 Å². The monoisotopic (exact) mass is 430 g/mol. The molecule has 0 aliphatic carbocycles. The predicted molar refractivity (Wildman–Crippen MR) is 108 cm³/mol. The maximum absolute atomic E-state index is 12.9. The number of benzene rings is 1. The minimum absolute atomic E-state index is 0. The van der Waals surface area contributed by atoms with E-state index in [-0.39, 0.29) is 54.0 Å². The number of halogens is 1. The summed E-state index contributed by atoms with van der Waals surface area (Å²) >= 11 is 0. The van der Waals surface area contributed by atoms with Gasteiger partial charge in [-0.05, 0) is 43.9 Å². The van der Waals surface area contributed by atoms with Gasteiger partial charge < -0.3 is 15.5 Å². The molecule has 0 bridgehead atoms. The molecule has 10 heteroatoms. The lowest BCUT2D eigenvalue weighted by Crippen LogP contribution is -2.47. The van der Waals surface area contributed by atoms with Crippen LogP contribution in [0.4, 0.5) is 5.69 Å². The van der Waals surface area contributed by atoms with Gasteiger partial charge in [0.2, 0.25) is 21.8 Å². The lowest BCUT2D eigenvalue weighted by atomic mass is 9.91. The van der Waals surface area contributed by atoms with Gasteiger partial charge in [0.25, 0.3) is 0 Å². The Labute approximate surface area is 171 Å². The standard InChI is InChI=1S/C18H26N4O4S.ClH/c1-12(19)13-4-3-7-21(10-13)18(24)14-8-17(23)22(11-14)15-5-2-6-16(9-15)27(20,25)26;/h2,5-6,9,12-14H,3-4,7-8,10-11,19H2,1H3,(H2,20,25,26);1H. The second-order valence-corrected chi connectivity index (χ2v) is 9.05. The number of amides is 2. The van der Waals surface area contributed by atoms with Crippen LogP contribution in [-0.2, 0) is 19.6 Å². The minimum Gasteiger partial charge on any atom is -0.342 e. The van der Waals surface area contributed by atoms with E-state index in [1.807, 2.05) is 11.8 Å². The van der Waals surface area contributed by atoms with Crippen LogP contribution in [0.1, 0.15) is 26.2 Å². The van der Waals surface area contributed by atoms with E-state index in [2.05, 4.69) is 0 Å². The molecule has 4 N–H and O–H groups in total. The normalized spacial score (nSPS) is 24.0. The van der Waals surface area contributed by atoms with E-state index in [1.54, 1.807) is 6.07 Å². The average molecular weight is 431 g/mol. The van der Waals surface area contributed by atoms with Crippen molar-refractivity contribution in [1.29, 1.82) is 0 Å². The molecule has 0 spiro atoms. The average Bonchev–Trinajstić information content (AvgIpc) is 3.02. The van der Waals surface area contributed by atoms with Crippen molar-refractivity contribution in [3.05, 3.63) is 24.3 Å². The van der Waals surface area contributed by atoms with Crippen LogP contribution in [0.3, 0.4) is 0 Å². The summed E-state index contributed by atoms with van der Waals surface area (Å²) in [5, 5.41) is 5.17. The quantitative estimate of drug-likeness (QED) is 0.726. The number of carbonyl (C=O) groups is 2. The Bertz CT molecular complexity index is 846. The number of sulfonamides is 1. The minimum atomic E-state index is -3.86. The molecular weight excluding hydrogens is 404 g/mol. The molecule has 2 saturated heterocycles. The number of piperidine rings is 1. The molecule has 3 unspecified atom stereocenters. The van der Waals surface area contributed by atoms with E-state index >= 15 is 0 Å². The summed E-state index contributed by atoms with van der Waals surface area (Å²) in [6.07, 6.45) is 2.05. The number of rotatable bonds is 4. The maximum atomic E-state index is 12.9. The van der Waals surface area contributed by atoms with Gasteiger partial charge in [-0.2, -0.15) is 0 Å². The van der Waals surface area contributed by atoms with Gasteiger partial charge in [0, 0.05) is 37.8 Å². The smallest absolute Gasteiger partial charge is 0.238 e. The Balaban J connectivity index is 0.00000280. The lowest BCUT2D eigenvalue weighted by molar-refractivity contribution is -0.137. The van der Waals surface area contributed by atoms with Gasteiger partial charge in [-0.25, -0.2) is 13.6 Å². The lowest BCUT2D eigenvalue weighted by Gasteiger charge is -2.35. The van der Waals surface area contributed by atoms with E-state index < -0.39 is 15.9 Å². The Morgan fingerprint density at radius 1 is 1.29 bits per heavy atom. The molecule has 2 fully saturated rings. The van der Waals surface area contributed by atoms with E-state index in [1.165, 1.54) is 23.1 Å². The van der Waals surface area contributed by atoms with Gasteiger partial charge in [0.15, 0.2) is 0 Å². The first-order valence-electron chi connectivity index (χ1n) is 9.14. The molecule has 0 radical (unpaired) electrons. The SMILES string of the molecule is CC(N)C1CCCN(C(=O)C2CC(=O)N(c3cccc(S(N)(=O)=O)c3)C2)C1.Cl. The van der Waals surface area contributed by atoms with Crippen LogP contribution in [-0.4, -0.2) is 50.8 Å². The molecular formula is C18H27ClN4O4S. The zero-order valence-electron chi connectivity index (χ0n) is 15.8. The third-order valence-corrected chi connectivity index (χ3v) is 6.36. The molecule has 2 aliphatic rings. The first-order valence-corrected chi connectivity index (χ1v) is 10.7. The molecule has 3 atom stereocenters. The molecule has 0 aromatic heterocycles. The molecule has 2 aliphatic heterocycles. The summed E-state index contributed by atoms with van der Waals surface area (Å²) in [4.78, 5) is 28.6. The fourth-order valence-electron chi connectivity index (χ4n) is 3.85. The summed E-state index contributed by atoms with van der Waals surface area (Å²) in [6, 6.07) is 5.96. The summed E-state index contributed by atoms with van der Waals surface area (Å²) in [5.74, 6) is -0.371. The van der Waals surface area contributed by atoms with Crippen LogP contribution < -0.4 is 15.8 Å². The predicted octanol–water partition coefficient (Wildman–Crippen LogP) is 0.695. The molecule has 1 aromatic carbocycles. The summed E-state index contributed by atoms with van der Waals surface area (Å²) in [6.45, 7) is 3.51. The fourth-order valence-corrected chi connectivity index (χ4v) is 4.40. The van der Waals surface area contributed by atoms with Crippen molar-refractivity contribution in [3.63, 3.8) is 0 Å². The number of nitrogens with zero attached hydrogens (tertiary/aromatic N) is 2. The summed E-state index contributed by atoms with van der Waals surface area (Å²) < 4.78 is 23.1. The highest BCUT2D eigenvalue weighted by Crippen LogP contribution is 2.29. The van der Waals surface area contributed by atoms with Gasteiger partial charge in [0.1, 0.15) is 0 Å². The van der Waals surface area contributed by atoms with Crippen LogP contribution in [0, 0.1) is 11.8 Å². The third kappa shape index (κ3) is 4.83. The summed E-state index contributed by atoms with van der Waals surface area (Å²) in [5.41, 5.74) is 6.43. The number of hydrogen-bond donors (Lipinski definition) is 2. The Morgan fingerprint density at radius 3 is 2.64 bits per heavy atom. The molecule has 2 heterocycles. The number of likely N-dealkylation sites (tertiary alicyclic amines) is 1. The number of anilines is 1. The van der Waals surface area contributed by atoms with Gasteiger partial charge in [-0.1, -0.05) is 6.07 Å². The highest BCUT2D eigenvalue weighted by atomic mass is 35.5. The van der Waals surface area contributed by atoms with Crippen molar-refractivity contribution in [2.75, 3.05) is 24.5 Å². The number of hydrogen-bond acceptors (Lipinski definition) is 5. The van der Waals surface area contributed by atoms with Gasteiger partial charge in [-0.3, -0.25) is 9.59 Å². The van der Waals surface area contributed by atoms with Crippen molar-refractivity contribution in [1.82, 2.24) is 4.90 Å².